The Labute approximate surface area is 114 Å². The van der Waals surface area contributed by atoms with E-state index in [2.05, 4.69) is 11.1 Å². The highest BCUT2D eigenvalue weighted by atomic mass is 32.1. The SMILES string of the molecule is CN(c1nc(CC(=O)O)cs1)c1ccccc1C#N. The van der Waals surface area contributed by atoms with Crippen LogP contribution in [0.2, 0.25) is 0 Å². The zero-order valence-corrected chi connectivity index (χ0v) is 11.0. The lowest BCUT2D eigenvalue weighted by molar-refractivity contribution is -0.136. The molecule has 0 atom stereocenters. The fourth-order valence-corrected chi connectivity index (χ4v) is 2.45. The number of thiazole rings is 1. The molecule has 2 rings (SSSR count). The number of anilines is 2. The van der Waals surface area contributed by atoms with Crippen molar-refractivity contribution in [3.05, 3.63) is 40.9 Å². The van der Waals surface area contributed by atoms with Crippen molar-refractivity contribution in [3.63, 3.8) is 0 Å². The summed E-state index contributed by atoms with van der Waals surface area (Å²) in [7, 11) is 1.81. The third-order valence-electron chi connectivity index (χ3n) is 2.54. The van der Waals surface area contributed by atoms with Gasteiger partial charge in [-0.15, -0.1) is 11.3 Å². The monoisotopic (exact) mass is 273 g/mol. The van der Waals surface area contributed by atoms with Gasteiger partial charge >= 0.3 is 5.97 Å². The molecule has 0 fully saturated rings. The first-order valence-electron chi connectivity index (χ1n) is 5.51. The number of aromatic nitrogens is 1. The summed E-state index contributed by atoms with van der Waals surface area (Å²) in [6, 6.07) is 9.34. The van der Waals surface area contributed by atoms with Crippen molar-refractivity contribution in [1.29, 1.82) is 5.26 Å². The Hall–Kier alpha value is -2.39. The molecule has 0 amide bonds. The molecular weight excluding hydrogens is 262 g/mol. The van der Waals surface area contributed by atoms with Crippen LogP contribution in [0.25, 0.3) is 0 Å². The largest absolute Gasteiger partial charge is 0.481 e. The zero-order chi connectivity index (χ0) is 13.8. The highest BCUT2D eigenvalue weighted by Crippen LogP contribution is 2.29. The van der Waals surface area contributed by atoms with Gasteiger partial charge in [-0.25, -0.2) is 4.98 Å². The van der Waals surface area contributed by atoms with Crippen molar-refractivity contribution >= 4 is 28.1 Å². The van der Waals surface area contributed by atoms with Crippen LogP contribution in [-0.4, -0.2) is 23.1 Å². The van der Waals surface area contributed by atoms with Gasteiger partial charge in [0.1, 0.15) is 6.07 Å². The molecule has 0 saturated heterocycles. The Morgan fingerprint density at radius 1 is 1.53 bits per heavy atom. The van der Waals surface area contributed by atoms with Crippen LogP contribution in [0, 0.1) is 11.3 Å². The number of carboxylic acid groups (broad SMARTS) is 1. The van der Waals surface area contributed by atoms with Gasteiger partial charge < -0.3 is 10.0 Å². The van der Waals surface area contributed by atoms with E-state index in [0.29, 0.717) is 16.4 Å². The van der Waals surface area contributed by atoms with E-state index in [0.717, 1.165) is 5.69 Å². The fourth-order valence-electron chi connectivity index (χ4n) is 1.65. The number of hydrogen-bond donors (Lipinski definition) is 1. The van der Waals surface area contributed by atoms with Gasteiger partial charge in [0, 0.05) is 12.4 Å². The van der Waals surface area contributed by atoms with Gasteiger partial charge in [-0.05, 0) is 12.1 Å². The van der Waals surface area contributed by atoms with Crippen LogP contribution in [0.4, 0.5) is 10.8 Å². The Morgan fingerprint density at radius 3 is 2.95 bits per heavy atom. The van der Waals surface area contributed by atoms with Crippen LogP contribution in [0.1, 0.15) is 11.3 Å². The summed E-state index contributed by atoms with van der Waals surface area (Å²) in [4.78, 5) is 16.7. The number of aliphatic carboxylic acids is 1. The smallest absolute Gasteiger partial charge is 0.309 e. The molecular formula is C13H11N3O2S. The first-order valence-corrected chi connectivity index (χ1v) is 6.39. The van der Waals surface area contributed by atoms with E-state index in [1.807, 2.05) is 12.1 Å². The lowest BCUT2D eigenvalue weighted by Crippen LogP contribution is -2.11. The standard InChI is InChI=1S/C13H11N3O2S/c1-16(11-5-3-2-4-9(11)7-14)13-15-10(8-19-13)6-12(17)18/h2-5,8H,6H2,1H3,(H,17,18). The molecule has 96 valence electrons. The first kappa shape index (κ1) is 13.1. The number of nitrogens with zero attached hydrogens (tertiary/aromatic N) is 3. The van der Waals surface area contributed by atoms with Crippen LogP contribution in [0.3, 0.4) is 0 Å². The van der Waals surface area contributed by atoms with E-state index in [9.17, 15) is 4.79 Å². The van der Waals surface area contributed by atoms with E-state index < -0.39 is 5.97 Å². The Kier molecular flexibility index (Phi) is 3.78. The first-order chi connectivity index (χ1) is 9.11. The van der Waals surface area contributed by atoms with Crippen molar-refractivity contribution < 1.29 is 9.90 Å². The minimum Gasteiger partial charge on any atom is -0.481 e. The Morgan fingerprint density at radius 2 is 2.26 bits per heavy atom. The molecule has 0 spiro atoms. The molecule has 6 heteroatoms. The van der Waals surface area contributed by atoms with Crippen molar-refractivity contribution in [2.45, 2.75) is 6.42 Å². The van der Waals surface area contributed by atoms with Gasteiger partial charge in [0.15, 0.2) is 5.13 Å². The zero-order valence-electron chi connectivity index (χ0n) is 10.2. The predicted octanol–water partition coefficient (Wildman–Crippen LogP) is 2.41. The molecule has 0 radical (unpaired) electrons. The molecule has 0 bridgehead atoms. The third-order valence-corrected chi connectivity index (χ3v) is 3.51. The summed E-state index contributed by atoms with van der Waals surface area (Å²) in [5.74, 6) is -0.906. The number of carboxylic acids is 1. The van der Waals surface area contributed by atoms with E-state index in [4.69, 9.17) is 10.4 Å². The quantitative estimate of drug-likeness (QED) is 0.925. The van der Waals surface area contributed by atoms with E-state index in [1.54, 1.807) is 29.5 Å². The summed E-state index contributed by atoms with van der Waals surface area (Å²) >= 11 is 1.36. The Balaban J connectivity index is 2.29. The highest BCUT2D eigenvalue weighted by molar-refractivity contribution is 7.13. The second kappa shape index (κ2) is 5.50. The molecule has 19 heavy (non-hydrogen) atoms. The fraction of sp³-hybridized carbons (Fsp3) is 0.154. The van der Waals surface area contributed by atoms with Crippen molar-refractivity contribution in [2.75, 3.05) is 11.9 Å². The van der Waals surface area contributed by atoms with Crippen molar-refractivity contribution in [3.8, 4) is 6.07 Å². The molecule has 1 aromatic carbocycles. The number of para-hydroxylation sites is 1. The van der Waals surface area contributed by atoms with Gasteiger partial charge in [0.25, 0.3) is 0 Å². The molecule has 0 aliphatic rings. The predicted molar refractivity (Wildman–Crippen MR) is 72.7 cm³/mol. The minimum absolute atomic E-state index is 0.0930. The summed E-state index contributed by atoms with van der Waals surface area (Å²) in [5, 5.41) is 20.2. The molecule has 0 aliphatic heterocycles. The molecule has 0 saturated carbocycles. The minimum atomic E-state index is -0.906. The van der Waals surface area contributed by atoms with Crippen LogP contribution in [-0.2, 0) is 11.2 Å². The molecule has 2 aromatic rings. The lowest BCUT2D eigenvalue weighted by Gasteiger charge is -2.16. The number of rotatable bonds is 4. The topological polar surface area (TPSA) is 77.2 Å². The maximum Gasteiger partial charge on any atom is 0.309 e. The lowest BCUT2D eigenvalue weighted by atomic mass is 10.2. The highest BCUT2D eigenvalue weighted by Gasteiger charge is 2.13. The van der Waals surface area contributed by atoms with E-state index >= 15 is 0 Å². The normalized spacial score (nSPS) is 9.89. The molecule has 1 aromatic heterocycles. The van der Waals surface area contributed by atoms with Crippen molar-refractivity contribution in [2.24, 2.45) is 0 Å². The van der Waals surface area contributed by atoms with Crippen LogP contribution >= 0.6 is 11.3 Å². The second-order valence-corrected chi connectivity index (χ2v) is 4.72. The molecule has 1 heterocycles. The molecule has 0 unspecified atom stereocenters. The molecule has 1 N–H and O–H groups in total. The van der Waals surface area contributed by atoms with Gasteiger partial charge in [0.2, 0.25) is 0 Å². The van der Waals surface area contributed by atoms with Crippen molar-refractivity contribution in [1.82, 2.24) is 4.98 Å². The second-order valence-electron chi connectivity index (χ2n) is 3.88. The van der Waals surface area contributed by atoms with E-state index in [1.165, 1.54) is 11.3 Å². The average Bonchev–Trinajstić information content (AvgIpc) is 2.85. The summed E-state index contributed by atoms with van der Waals surface area (Å²) in [6.07, 6.45) is -0.0930. The summed E-state index contributed by atoms with van der Waals surface area (Å²) in [6.45, 7) is 0. The van der Waals surface area contributed by atoms with E-state index in [-0.39, 0.29) is 6.42 Å². The maximum atomic E-state index is 10.6. The van der Waals surface area contributed by atoms with Gasteiger partial charge in [0.05, 0.1) is 23.4 Å². The van der Waals surface area contributed by atoms with Crippen LogP contribution in [0.15, 0.2) is 29.6 Å². The van der Waals surface area contributed by atoms with Gasteiger partial charge in [-0.2, -0.15) is 5.26 Å². The van der Waals surface area contributed by atoms with Gasteiger partial charge in [-0.3, -0.25) is 4.79 Å². The Bertz CT molecular complexity index is 645. The number of carbonyl (C=O) groups is 1. The molecule has 5 nitrogen and oxygen atoms in total. The van der Waals surface area contributed by atoms with Crippen LogP contribution in [0.5, 0.6) is 0 Å². The molecule has 0 aliphatic carbocycles. The number of benzene rings is 1. The third kappa shape index (κ3) is 2.89. The maximum absolute atomic E-state index is 10.6. The average molecular weight is 273 g/mol. The van der Waals surface area contributed by atoms with Gasteiger partial charge in [-0.1, -0.05) is 12.1 Å². The summed E-state index contributed by atoms with van der Waals surface area (Å²) in [5.41, 5.74) is 1.83. The number of nitriles is 1. The van der Waals surface area contributed by atoms with Crippen LogP contribution < -0.4 is 4.90 Å². The summed E-state index contributed by atoms with van der Waals surface area (Å²) < 4.78 is 0. The number of hydrogen-bond acceptors (Lipinski definition) is 5.